The molecule has 0 aliphatic carbocycles. The Balaban J connectivity index is 1.75. The number of aryl methyl sites for hydroxylation is 1. The van der Waals surface area contributed by atoms with Crippen LogP contribution in [0.15, 0.2) is 54.6 Å². The van der Waals surface area contributed by atoms with Crippen LogP contribution in [0.5, 0.6) is 0 Å². The van der Waals surface area contributed by atoms with Crippen molar-refractivity contribution in [1.82, 2.24) is 4.98 Å². The first-order valence-electron chi connectivity index (χ1n) is 7.19. The predicted octanol–water partition coefficient (Wildman–Crippen LogP) is 4.51. The molecule has 0 aliphatic heterocycles. The fourth-order valence-corrected chi connectivity index (χ4v) is 3.14. The van der Waals surface area contributed by atoms with Crippen molar-refractivity contribution >= 4 is 38.7 Å². The minimum atomic E-state index is -0.166. The summed E-state index contributed by atoms with van der Waals surface area (Å²) in [4.78, 5) is 16.5. The number of fused-ring (bicyclic) bond motifs is 1. The second-order valence-corrected chi connectivity index (χ2v) is 5.90. The largest absolute Gasteiger partial charge is 0.298 e. The minimum Gasteiger partial charge on any atom is -0.298 e. The van der Waals surface area contributed by atoms with E-state index in [0.717, 1.165) is 22.2 Å². The van der Waals surface area contributed by atoms with Gasteiger partial charge < -0.3 is 0 Å². The molecular formula is C18H16N2OS. The number of benzene rings is 2. The Hall–Kier alpha value is -2.46. The minimum absolute atomic E-state index is 0.166. The summed E-state index contributed by atoms with van der Waals surface area (Å²) in [5.41, 5.74) is 3.18. The van der Waals surface area contributed by atoms with E-state index >= 15 is 0 Å². The van der Waals surface area contributed by atoms with E-state index in [2.05, 4.69) is 23.3 Å². The highest BCUT2D eigenvalue weighted by Gasteiger charge is 2.08. The van der Waals surface area contributed by atoms with Gasteiger partial charge in [-0.25, -0.2) is 4.98 Å². The average molecular weight is 308 g/mol. The molecule has 110 valence electrons. The van der Waals surface area contributed by atoms with Crippen LogP contribution in [0.3, 0.4) is 0 Å². The first kappa shape index (κ1) is 14.5. The number of amides is 1. The number of thiazole rings is 1. The first-order valence-corrected chi connectivity index (χ1v) is 8.00. The molecule has 2 aromatic carbocycles. The molecule has 0 fully saturated rings. The van der Waals surface area contributed by atoms with Crippen molar-refractivity contribution in [3.8, 4) is 0 Å². The van der Waals surface area contributed by atoms with Gasteiger partial charge in [-0.3, -0.25) is 10.1 Å². The summed E-state index contributed by atoms with van der Waals surface area (Å²) >= 11 is 1.50. The topological polar surface area (TPSA) is 42.0 Å². The molecule has 4 heteroatoms. The molecule has 0 saturated carbocycles. The SMILES string of the molecule is CCc1cccc2sc(NC(=O)/C=C\c3ccccc3)nc12. The first-order chi connectivity index (χ1) is 10.8. The lowest BCUT2D eigenvalue weighted by atomic mass is 10.1. The van der Waals surface area contributed by atoms with Crippen molar-refractivity contribution in [2.24, 2.45) is 0 Å². The monoisotopic (exact) mass is 308 g/mol. The molecule has 0 atom stereocenters. The molecule has 3 nitrogen and oxygen atoms in total. The number of hydrogen-bond acceptors (Lipinski definition) is 3. The van der Waals surface area contributed by atoms with Gasteiger partial charge in [0.25, 0.3) is 0 Å². The van der Waals surface area contributed by atoms with Crippen LogP contribution in [-0.2, 0) is 11.2 Å². The van der Waals surface area contributed by atoms with Gasteiger partial charge in [-0.1, -0.05) is 60.7 Å². The number of carbonyl (C=O) groups excluding carboxylic acids is 1. The molecule has 1 aromatic heterocycles. The molecule has 1 N–H and O–H groups in total. The van der Waals surface area contributed by atoms with Crippen molar-refractivity contribution in [2.45, 2.75) is 13.3 Å². The van der Waals surface area contributed by atoms with Crippen LogP contribution in [0.2, 0.25) is 0 Å². The van der Waals surface area contributed by atoms with E-state index in [4.69, 9.17) is 0 Å². The second kappa shape index (κ2) is 6.54. The Morgan fingerprint density at radius 1 is 1.18 bits per heavy atom. The van der Waals surface area contributed by atoms with Crippen molar-refractivity contribution < 1.29 is 4.79 Å². The zero-order chi connectivity index (χ0) is 15.4. The van der Waals surface area contributed by atoms with Crippen molar-refractivity contribution in [2.75, 3.05) is 5.32 Å². The molecule has 1 heterocycles. The molecule has 0 bridgehead atoms. The highest BCUT2D eigenvalue weighted by molar-refractivity contribution is 7.22. The fraction of sp³-hybridized carbons (Fsp3) is 0.111. The van der Waals surface area contributed by atoms with Crippen molar-refractivity contribution in [3.05, 3.63) is 65.7 Å². The number of rotatable bonds is 4. The lowest BCUT2D eigenvalue weighted by molar-refractivity contribution is -0.111. The van der Waals surface area contributed by atoms with Crippen LogP contribution >= 0.6 is 11.3 Å². The maximum Gasteiger partial charge on any atom is 0.250 e. The molecule has 0 radical (unpaired) electrons. The smallest absolute Gasteiger partial charge is 0.250 e. The number of aromatic nitrogens is 1. The van der Waals surface area contributed by atoms with E-state index in [0.29, 0.717) is 5.13 Å². The summed E-state index contributed by atoms with van der Waals surface area (Å²) in [5.74, 6) is -0.166. The number of anilines is 1. The van der Waals surface area contributed by atoms with Crippen LogP contribution in [-0.4, -0.2) is 10.9 Å². The number of hydrogen-bond donors (Lipinski definition) is 1. The van der Waals surface area contributed by atoms with E-state index in [1.54, 1.807) is 6.08 Å². The Kier molecular flexibility index (Phi) is 4.30. The van der Waals surface area contributed by atoms with Crippen molar-refractivity contribution in [3.63, 3.8) is 0 Å². The Labute approximate surface area is 133 Å². The Bertz CT molecular complexity index is 821. The fourth-order valence-electron chi connectivity index (χ4n) is 2.23. The lowest BCUT2D eigenvalue weighted by Gasteiger charge is -1.96. The highest BCUT2D eigenvalue weighted by Crippen LogP contribution is 2.28. The van der Waals surface area contributed by atoms with Gasteiger partial charge in [0.1, 0.15) is 0 Å². The molecule has 22 heavy (non-hydrogen) atoms. The van der Waals surface area contributed by atoms with Crippen LogP contribution in [0.4, 0.5) is 5.13 Å². The Morgan fingerprint density at radius 3 is 2.77 bits per heavy atom. The van der Waals surface area contributed by atoms with E-state index < -0.39 is 0 Å². The lowest BCUT2D eigenvalue weighted by Crippen LogP contribution is -2.07. The maximum atomic E-state index is 12.0. The van der Waals surface area contributed by atoms with E-state index in [-0.39, 0.29) is 5.91 Å². The molecular weight excluding hydrogens is 292 g/mol. The standard InChI is InChI=1S/C18H16N2OS/c1-2-14-9-6-10-15-17(14)20-18(22-15)19-16(21)12-11-13-7-4-3-5-8-13/h3-12H,2H2,1H3,(H,19,20,21)/b12-11-. The zero-order valence-corrected chi connectivity index (χ0v) is 13.1. The highest BCUT2D eigenvalue weighted by atomic mass is 32.1. The predicted molar refractivity (Wildman–Crippen MR) is 93.1 cm³/mol. The molecule has 0 unspecified atom stereocenters. The third-order valence-electron chi connectivity index (χ3n) is 3.34. The molecule has 0 saturated heterocycles. The van der Waals surface area contributed by atoms with Gasteiger partial charge in [-0.2, -0.15) is 0 Å². The molecule has 0 aliphatic rings. The van der Waals surface area contributed by atoms with Gasteiger partial charge >= 0.3 is 0 Å². The van der Waals surface area contributed by atoms with Gasteiger partial charge in [-0.05, 0) is 29.7 Å². The zero-order valence-electron chi connectivity index (χ0n) is 12.2. The molecule has 3 aromatic rings. The summed E-state index contributed by atoms with van der Waals surface area (Å²) in [6, 6.07) is 15.9. The average Bonchev–Trinajstić information content (AvgIpc) is 2.96. The number of para-hydroxylation sites is 1. The van der Waals surface area contributed by atoms with Crippen LogP contribution in [0.1, 0.15) is 18.1 Å². The third kappa shape index (κ3) is 3.23. The van der Waals surface area contributed by atoms with E-state index in [1.807, 2.05) is 42.5 Å². The third-order valence-corrected chi connectivity index (χ3v) is 4.28. The van der Waals surface area contributed by atoms with Crippen LogP contribution in [0.25, 0.3) is 16.3 Å². The Morgan fingerprint density at radius 2 is 2.00 bits per heavy atom. The molecule has 3 rings (SSSR count). The van der Waals surface area contributed by atoms with Gasteiger partial charge in [0, 0.05) is 6.08 Å². The molecule has 1 amide bonds. The summed E-state index contributed by atoms with van der Waals surface area (Å²) in [7, 11) is 0. The van der Waals surface area contributed by atoms with E-state index in [1.165, 1.54) is 23.0 Å². The van der Waals surface area contributed by atoms with Crippen LogP contribution < -0.4 is 5.32 Å². The number of nitrogens with zero attached hydrogens (tertiary/aromatic N) is 1. The van der Waals surface area contributed by atoms with Gasteiger partial charge in [0.2, 0.25) is 5.91 Å². The van der Waals surface area contributed by atoms with Gasteiger partial charge in [-0.15, -0.1) is 0 Å². The summed E-state index contributed by atoms with van der Waals surface area (Å²) < 4.78 is 1.10. The van der Waals surface area contributed by atoms with Gasteiger partial charge in [0.05, 0.1) is 10.2 Å². The van der Waals surface area contributed by atoms with Crippen molar-refractivity contribution in [1.29, 1.82) is 0 Å². The quantitative estimate of drug-likeness (QED) is 0.720. The van der Waals surface area contributed by atoms with Crippen LogP contribution in [0, 0.1) is 0 Å². The maximum absolute atomic E-state index is 12.0. The summed E-state index contributed by atoms with van der Waals surface area (Å²) in [6.45, 7) is 2.11. The summed E-state index contributed by atoms with van der Waals surface area (Å²) in [5, 5.41) is 3.47. The summed E-state index contributed by atoms with van der Waals surface area (Å²) in [6.07, 6.45) is 4.25. The van der Waals surface area contributed by atoms with Gasteiger partial charge in [0.15, 0.2) is 5.13 Å². The normalized spacial score (nSPS) is 11.1. The second-order valence-electron chi connectivity index (χ2n) is 4.87. The number of carbonyl (C=O) groups is 1. The van der Waals surface area contributed by atoms with E-state index in [9.17, 15) is 4.79 Å². The number of nitrogens with one attached hydrogen (secondary N) is 1. The molecule has 0 spiro atoms.